The minimum atomic E-state index is -0.995. The van der Waals surface area contributed by atoms with Gasteiger partial charge in [-0.3, -0.25) is 0 Å². The Kier molecular flexibility index (Phi) is 5.91. The second-order valence-electron chi connectivity index (χ2n) is 4.68. The van der Waals surface area contributed by atoms with E-state index in [1.54, 1.807) is 18.9 Å². The molecule has 1 heterocycles. The quantitative estimate of drug-likeness (QED) is 0.768. The Morgan fingerprint density at radius 2 is 2.06 bits per heavy atom. The molecular formula is C12H22N2O4. The van der Waals surface area contributed by atoms with E-state index in [-0.39, 0.29) is 6.03 Å². The number of rotatable bonds is 5. The van der Waals surface area contributed by atoms with Crippen molar-refractivity contribution in [3.63, 3.8) is 0 Å². The van der Waals surface area contributed by atoms with Gasteiger partial charge in [0.2, 0.25) is 0 Å². The Hall–Kier alpha value is -1.30. The zero-order chi connectivity index (χ0) is 13.5. The molecule has 104 valence electrons. The number of urea groups is 1. The smallest absolute Gasteiger partial charge is 0.326 e. The minimum Gasteiger partial charge on any atom is -0.480 e. The highest BCUT2D eigenvalue weighted by Crippen LogP contribution is 2.15. The topological polar surface area (TPSA) is 78.9 Å². The molecule has 1 saturated heterocycles. The van der Waals surface area contributed by atoms with E-state index in [4.69, 9.17) is 9.84 Å². The molecule has 0 spiro atoms. The van der Waals surface area contributed by atoms with Crippen LogP contribution in [0.3, 0.4) is 0 Å². The van der Waals surface area contributed by atoms with Gasteiger partial charge >= 0.3 is 12.0 Å². The van der Waals surface area contributed by atoms with Gasteiger partial charge in [0.25, 0.3) is 0 Å². The van der Waals surface area contributed by atoms with Crippen LogP contribution in [0.25, 0.3) is 0 Å². The Labute approximate surface area is 107 Å². The second kappa shape index (κ2) is 7.20. The van der Waals surface area contributed by atoms with Crippen LogP contribution in [0.15, 0.2) is 0 Å². The van der Waals surface area contributed by atoms with E-state index in [0.717, 1.165) is 26.1 Å². The molecule has 1 aliphatic rings. The van der Waals surface area contributed by atoms with Crippen LogP contribution in [-0.4, -0.2) is 54.9 Å². The van der Waals surface area contributed by atoms with Crippen molar-refractivity contribution >= 4 is 12.0 Å². The number of nitrogens with one attached hydrogen (secondary N) is 1. The Bertz CT molecular complexity index is 290. The largest absolute Gasteiger partial charge is 0.480 e. The van der Waals surface area contributed by atoms with Gasteiger partial charge in [-0.25, -0.2) is 9.59 Å². The third kappa shape index (κ3) is 4.52. The van der Waals surface area contributed by atoms with Crippen LogP contribution in [0.5, 0.6) is 0 Å². The van der Waals surface area contributed by atoms with E-state index in [9.17, 15) is 9.59 Å². The van der Waals surface area contributed by atoms with Crippen molar-refractivity contribution in [1.82, 2.24) is 10.2 Å². The lowest BCUT2D eigenvalue weighted by atomic mass is 10.00. The monoisotopic (exact) mass is 258 g/mol. The lowest BCUT2D eigenvalue weighted by molar-refractivity contribution is -0.139. The molecule has 0 radical (unpaired) electrons. The molecular weight excluding hydrogens is 236 g/mol. The van der Waals surface area contributed by atoms with E-state index in [1.165, 1.54) is 0 Å². The summed E-state index contributed by atoms with van der Waals surface area (Å²) in [6.45, 7) is 3.86. The highest BCUT2D eigenvalue weighted by molar-refractivity contribution is 5.82. The second-order valence-corrected chi connectivity index (χ2v) is 4.68. The van der Waals surface area contributed by atoms with Crippen LogP contribution in [-0.2, 0) is 9.53 Å². The average Bonchev–Trinajstić information content (AvgIpc) is 2.36. The number of carboxylic acids is 1. The summed E-state index contributed by atoms with van der Waals surface area (Å²) in [6.07, 6.45) is 2.29. The van der Waals surface area contributed by atoms with Crippen LogP contribution in [0.4, 0.5) is 4.79 Å². The predicted molar refractivity (Wildman–Crippen MR) is 66.4 cm³/mol. The first kappa shape index (κ1) is 14.8. The molecule has 6 nitrogen and oxygen atoms in total. The first-order chi connectivity index (χ1) is 8.54. The maximum absolute atomic E-state index is 11.8. The van der Waals surface area contributed by atoms with Gasteiger partial charge < -0.3 is 20.1 Å². The van der Waals surface area contributed by atoms with Crippen molar-refractivity contribution in [2.45, 2.75) is 32.2 Å². The Morgan fingerprint density at radius 1 is 1.44 bits per heavy atom. The summed E-state index contributed by atoms with van der Waals surface area (Å²) >= 11 is 0. The maximum atomic E-state index is 11.8. The van der Waals surface area contributed by atoms with Crippen LogP contribution < -0.4 is 5.32 Å². The molecule has 2 N–H and O–H groups in total. The minimum absolute atomic E-state index is 0.323. The molecule has 0 aromatic heterocycles. The number of carbonyl (C=O) groups excluding carboxylic acids is 1. The number of carboxylic acid groups (broad SMARTS) is 1. The molecule has 1 fully saturated rings. The van der Waals surface area contributed by atoms with Gasteiger partial charge in [-0.1, -0.05) is 6.92 Å². The molecule has 1 atom stereocenters. The van der Waals surface area contributed by atoms with Crippen LogP contribution in [0.2, 0.25) is 0 Å². The molecule has 18 heavy (non-hydrogen) atoms. The first-order valence-corrected chi connectivity index (χ1v) is 6.36. The van der Waals surface area contributed by atoms with Crippen LogP contribution in [0, 0.1) is 5.92 Å². The number of amides is 2. The number of aliphatic carboxylic acids is 1. The van der Waals surface area contributed by atoms with E-state index >= 15 is 0 Å². The van der Waals surface area contributed by atoms with Gasteiger partial charge in [0.15, 0.2) is 0 Å². The van der Waals surface area contributed by atoms with Gasteiger partial charge in [0.1, 0.15) is 6.04 Å². The van der Waals surface area contributed by atoms with Crippen molar-refractivity contribution in [1.29, 1.82) is 0 Å². The van der Waals surface area contributed by atoms with Crippen molar-refractivity contribution in [2.24, 2.45) is 5.92 Å². The van der Waals surface area contributed by atoms with Gasteiger partial charge in [-0.2, -0.15) is 0 Å². The molecule has 0 aliphatic carbocycles. The summed E-state index contributed by atoms with van der Waals surface area (Å²) < 4.78 is 5.26. The maximum Gasteiger partial charge on any atom is 0.326 e. The normalized spacial score (nSPS) is 18.1. The molecule has 1 aliphatic heterocycles. The summed E-state index contributed by atoms with van der Waals surface area (Å²) in [5.41, 5.74) is 0. The van der Waals surface area contributed by atoms with E-state index < -0.39 is 12.0 Å². The van der Waals surface area contributed by atoms with E-state index in [1.807, 2.05) is 0 Å². The molecule has 2 amide bonds. The van der Waals surface area contributed by atoms with Crippen molar-refractivity contribution in [3.05, 3.63) is 0 Å². The number of nitrogens with zero attached hydrogens (tertiary/aromatic N) is 1. The number of carbonyl (C=O) groups is 2. The molecule has 0 saturated carbocycles. The summed E-state index contributed by atoms with van der Waals surface area (Å²) in [6, 6.07) is -1.13. The van der Waals surface area contributed by atoms with Crippen molar-refractivity contribution in [2.75, 3.05) is 26.8 Å². The molecule has 1 unspecified atom stereocenters. The summed E-state index contributed by atoms with van der Waals surface area (Å²) in [7, 11) is 1.69. The van der Waals surface area contributed by atoms with Gasteiger partial charge in [-0.15, -0.1) is 0 Å². The van der Waals surface area contributed by atoms with Gasteiger partial charge in [-0.05, 0) is 25.2 Å². The third-order valence-corrected chi connectivity index (χ3v) is 3.22. The molecule has 0 bridgehead atoms. The molecule has 1 rings (SSSR count). The summed E-state index contributed by atoms with van der Waals surface area (Å²) in [5, 5.41) is 11.4. The summed E-state index contributed by atoms with van der Waals surface area (Å²) in [4.78, 5) is 24.2. The third-order valence-electron chi connectivity index (χ3n) is 3.22. The highest BCUT2D eigenvalue weighted by Gasteiger charge is 2.22. The van der Waals surface area contributed by atoms with Gasteiger partial charge in [0, 0.05) is 26.8 Å². The standard InChI is InChI=1S/C12H22N2O4/c1-3-10(11(15)16)13-12(17)14(2)8-9-4-6-18-7-5-9/h9-10H,3-8H2,1-2H3,(H,13,17)(H,15,16). The fourth-order valence-electron chi connectivity index (χ4n) is 2.00. The van der Waals surface area contributed by atoms with Crippen molar-refractivity contribution in [3.8, 4) is 0 Å². The Balaban J connectivity index is 2.37. The fraction of sp³-hybridized carbons (Fsp3) is 0.833. The van der Waals surface area contributed by atoms with E-state index in [2.05, 4.69) is 5.32 Å². The SMILES string of the molecule is CCC(NC(=O)N(C)CC1CCOCC1)C(=O)O. The lowest BCUT2D eigenvalue weighted by Crippen LogP contribution is -2.47. The highest BCUT2D eigenvalue weighted by atomic mass is 16.5. The fourth-order valence-corrected chi connectivity index (χ4v) is 2.00. The van der Waals surface area contributed by atoms with E-state index in [0.29, 0.717) is 18.9 Å². The van der Waals surface area contributed by atoms with Crippen molar-refractivity contribution < 1.29 is 19.4 Å². The summed E-state index contributed by atoms with van der Waals surface area (Å²) in [5.74, 6) is -0.551. The number of hydrogen-bond acceptors (Lipinski definition) is 3. The number of hydrogen-bond donors (Lipinski definition) is 2. The van der Waals surface area contributed by atoms with Crippen LogP contribution in [0.1, 0.15) is 26.2 Å². The first-order valence-electron chi connectivity index (χ1n) is 6.36. The zero-order valence-electron chi connectivity index (χ0n) is 11.0. The van der Waals surface area contributed by atoms with Gasteiger partial charge in [0.05, 0.1) is 0 Å². The predicted octanol–water partition coefficient (Wildman–Crippen LogP) is 0.918. The molecule has 6 heteroatoms. The average molecular weight is 258 g/mol. The number of ether oxygens (including phenoxy) is 1. The molecule has 0 aromatic carbocycles. The lowest BCUT2D eigenvalue weighted by Gasteiger charge is -2.28. The Morgan fingerprint density at radius 3 is 2.56 bits per heavy atom. The molecule has 0 aromatic rings. The zero-order valence-corrected chi connectivity index (χ0v) is 11.0. The van der Waals surface area contributed by atoms with Crippen LogP contribution >= 0.6 is 0 Å².